The van der Waals surface area contributed by atoms with Gasteiger partial charge in [-0.1, -0.05) is 62.8 Å². The van der Waals surface area contributed by atoms with Crippen molar-refractivity contribution in [3.05, 3.63) is 77.6 Å². The number of fused-ring (bicyclic) bond motifs is 2. The molecule has 2 amide bonds. The lowest BCUT2D eigenvalue weighted by Gasteiger charge is -2.31. The van der Waals surface area contributed by atoms with Gasteiger partial charge < -0.3 is 14.8 Å². The van der Waals surface area contributed by atoms with E-state index < -0.39 is 41.4 Å². The third kappa shape index (κ3) is 4.53. The van der Waals surface area contributed by atoms with Gasteiger partial charge in [-0.3, -0.25) is 24.1 Å². The molecule has 2 aliphatic heterocycles. The van der Waals surface area contributed by atoms with Crippen molar-refractivity contribution in [2.45, 2.75) is 22.8 Å². The van der Waals surface area contributed by atoms with Gasteiger partial charge in [0.15, 0.2) is 0 Å². The van der Waals surface area contributed by atoms with Gasteiger partial charge in [-0.25, -0.2) is 0 Å². The van der Waals surface area contributed by atoms with Crippen LogP contribution in [0.5, 0.6) is 5.75 Å². The minimum atomic E-state index is -1.27. The lowest BCUT2D eigenvalue weighted by Crippen LogP contribution is -2.36. The van der Waals surface area contributed by atoms with Crippen molar-refractivity contribution in [3.8, 4) is 5.75 Å². The van der Waals surface area contributed by atoms with E-state index in [1.165, 1.54) is 0 Å². The molecule has 1 fully saturated rings. The van der Waals surface area contributed by atoms with Gasteiger partial charge in [0.2, 0.25) is 11.8 Å². The average molecular weight is 596 g/mol. The normalized spacial score (nSPS) is 21.1. The van der Waals surface area contributed by atoms with Crippen molar-refractivity contribution in [3.63, 3.8) is 0 Å². The highest BCUT2D eigenvalue weighted by atomic mass is 79.9. The molecule has 0 spiro atoms. The number of carbonyl (C=O) groups is 3. The van der Waals surface area contributed by atoms with E-state index in [1.807, 2.05) is 12.1 Å². The van der Waals surface area contributed by atoms with Gasteiger partial charge in [-0.2, -0.15) is 0 Å². The average Bonchev–Trinajstić information content (AvgIpc) is 3.28. The predicted octanol–water partition coefficient (Wildman–Crippen LogP) is 4.11. The zero-order valence-corrected chi connectivity index (χ0v) is 21.7. The number of nitrogens with one attached hydrogen (secondary N) is 1. The van der Waals surface area contributed by atoms with Crippen molar-refractivity contribution < 1.29 is 24.2 Å². The number of imide groups is 1. The number of H-pyrrole nitrogens is 1. The number of aromatic amines is 1. The Morgan fingerprint density at radius 1 is 1.17 bits per heavy atom. The number of nitrogens with zero attached hydrogens (tertiary/aromatic N) is 1. The monoisotopic (exact) mass is 594 g/mol. The fraction of sp³-hybridized carbons (Fsp3) is 0.217. The number of hydrogen-bond acceptors (Lipinski definition) is 7. The van der Waals surface area contributed by atoms with Crippen molar-refractivity contribution in [1.29, 1.82) is 0 Å². The summed E-state index contributed by atoms with van der Waals surface area (Å²) < 4.78 is 6.86. The van der Waals surface area contributed by atoms with Crippen molar-refractivity contribution >= 4 is 68.4 Å². The van der Waals surface area contributed by atoms with Crippen LogP contribution in [-0.4, -0.2) is 44.6 Å². The summed E-state index contributed by atoms with van der Waals surface area (Å²) in [7, 11) is 0. The first kappa shape index (κ1) is 24.1. The largest absolute Gasteiger partial charge is 0.489 e. The van der Waals surface area contributed by atoms with Crippen LogP contribution in [0.2, 0.25) is 5.02 Å². The van der Waals surface area contributed by atoms with Gasteiger partial charge >= 0.3 is 10.8 Å². The van der Waals surface area contributed by atoms with Gasteiger partial charge in [0, 0.05) is 25.9 Å². The molecule has 2 aliphatic rings. The summed E-state index contributed by atoms with van der Waals surface area (Å²) in [6.45, 7) is -0.502. The van der Waals surface area contributed by atoms with Gasteiger partial charge in [0.1, 0.15) is 24.2 Å². The zero-order valence-electron chi connectivity index (χ0n) is 17.7. The lowest BCUT2D eigenvalue weighted by atomic mass is 9.82. The quantitative estimate of drug-likeness (QED) is 0.412. The number of halogens is 2. The Balaban J connectivity index is 1.59. The third-order valence-electron chi connectivity index (χ3n) is 5.80. The van der Waals surface area contributed by atoms with Gasteiger partial charge in [0.05, 0.1) is 10.9 Å². The second-order valence-electron chi connectivity index (χ2n) is 8.01. The van der Waals surface area contributed by atoms with Crippen molar-refractivity contribution in [2.75, 3.05) is 6.54 Å². The van der Waals surface area contributed by atoms with Gasteiger partial charge in [0.25, 0.3) is 0 Å². The number of aromatic nitrogens is 1. The van der Waals surface area contributed by atoms with Crippen LogP contribution in [0.4, 0.5) is 0 Å². The summed E-state index contributed by atoms with van der Waals surface area (Å²) in [5.74, 6) is -3.51. The van der Waals surface area contributed by atoms with Crippen LogP contribution in [0.1, 0.15) is 21.9 Å². The number of amides is 2. The molecule has 12 heteroatoms. The second-order valence-corrected chi connectivity index (χ2v) is 11.5. The molecule has 2 N–H and O–H groups in total. The van der Waals surface area contributed by atoms with Crippen LogP contribution in [-0.2, 0) is 21.0 Å². The Morgan fingerprint density at radius 2 is 1.97 bits per heavy atom. The summed E-state index contributed by atoms with van der Waals surface area (Å²) in [4.78, 5) is 53.9. The molecule has 5 rings (SSSR count). The lowest BCUT2D eigenvalue weighted by molar-refractivity contribution is -0.149. The first-order valence-corrected chi connectivity index (χ1v) is 13.2. The zero-order chi connectivity index (χ0) is 24.9. The maximum absolute atomic E-state index is 13.4. The van der Waals surface area contributed by atoms with Crippen LogP contribution < -0.4 is 9.61 Å². The molecule has 0 aliphatic carbocycles. The van der Waals surface area contributed by atoms with E-state index in [2.05, 4.69) is 20.9 Å². The number of likely N-dealkylation sites (tertiary alicyclic amines) is 1. The number of ether oxygens (including phenoxy) is 1. The number of aliphatic carboxylic acids is 1. The number of thiazole rings is 1. The fourth-order valence-corrected chi connectivity index (χ4v) is 7.50. The topological polar surface area (TPSA) is 117 Å². The number of carbonyl (C=O) groups excluding carboxylic acids is 2. The molecule has 0 bridgehead atoms. The van der Waals surface area contributed by atoms with Crippen LogP contribution in [0, 0.1) is 5.92 Å². The second kappa shape index (κ2) is 9.45. The predicted molar refractivity (Wildman–Crippen MR) is 134 cm³/mol. The molecule has 8 nitrogen and oxygen atoms in total. The number of thioether (sulfide) groups is 1. The first-order chi connectivity index (χ1) is 16.7. The first-order valence-electron chi connectivity index (χ1n) is 10.4. The van der Waals surface area contributed by atoms with Crippen molar-refractivity contribution in [1.82, 2.24) is 9.88 Å². The standard InChI is InChI=1S/C23H16BrClN2O6S2/c24-11-4-5-14(33-9-10-2-1-3-12(25)6-10)13(7-11)16-17-19(34-20-18(16)35-23(32)26-20)22(31)27(21(17)30)8-15(28)29/h1-7,16-17,19H,8-9H2,(H,26,32)(H,28,29)/t16-,17?,19?/m1/s1. The van der Waals surface area contributed by atoms with E-state index in [9.17, 15) is 24.3 Å². The summed E-state index contributed by atoms with van der Waals surface area (Å²) in [5, 5.41) is 9.46. The van der Waals surface area contributed by atoms with Gasteiger partial charge in [-0.15, -0.1) is 0 Å². The van der Waals surface area contributed by atoms with E-state index >= 15 is 0 Å². The Bertz CT molecular complexity index is 1420. The minimum absolute atomic E-state index is 0.207. The molecule has 1 aromatic heterocycles. The molecular weight excluding hydrogens is 580 g/mol. The van der Waals surface area contributed by atoms with Crippen LogP contribution >= 0.6 is 50.6 Å². The molecule has 0 saturated carbocycles. The van der Waals surface area contributed by atoms with E-state index in [-0.39, 0.29) is 11.5 Å². The Morgan fingerprint density at radius 3 is 2.71 bits per heavy atom. The summed E-state index contributed by atoms with van der Waals surface area (Å²) >= 11 is 11.6. The highest BCUT2D eigenvalue weighted by Gasteiger charge is 2.56. The van der Waals surface area contributed by atoms with Crippen LogP contribution in [0.15, 0.2) is 56.8 Å². The minimum Gasteiger partial charge on any atom is -0.489 e. The molecule has 3 atom stereocenters. The highest BCUT2D eigenvalue weighted by Crippen LogP contribution is 2.54. The van der Waals surface area contributed by atoms with E-state index in [0.717, 1.165) is 38.0 Å². The smallest absolute Gasteiger partial charge is 0.323 e. The third-order valence-corrected chi connectivity index (χ3v) is 8.93. The molecule has 2 aromatic carbocycles. The number of hydrogen-bond donors (Lipinski definition) is 2. The van der Waals surface area contributed by atoms with Gasteiger partial charge in [-0.05, 0) is 35.9 Å². The highest BCUT2D eigenvalue weighted by molar-refractivity contribution is 9.10. The molecule has 2 unspecified atom stereocenters. The molecule has 3 aromatic rings. The summed E-state index contributed by atoms with van der Waals surface area (Å²) in [6, 6.07) is 12.6. The van der Waals surface area contributed by atoms with Crippen molar-refractivity contribution in [2.24, 2.45) is 5.92 Å². The molecule has 35 heavy (non-hydrogen) atoms. The maximum Gasteiger partial charge on any atom is 0.323 e. The Kier molecular flexibility index (Phi) is 6.51. The summed E-state index contributed by atoms with van der Waals surface area (Å²) in [6.07, 6.45) is 0. The number of carboxylic acid groups (broad SMARTS) is 1. The van der Waals surface area contributed by atoms with Crippen LogP contribution in [0.3, 0.4) is 0 Å². The Hall–Kier alpha value is -2.60. The van der Waals surface area contributed by atoms with E-state index in [0.29, 0.717) is 26.2 Å². The molecule has 0 radical (unpaired) electrons. The molecule has 180 valence electrons. The molecule has 1 saturated heterocycles. The summed E-state index contributed by atoms with van der Waals surface area (Å²) in [5.41, 5.74) is 1.46. The SMILES string of the molecule is O=C(O)CN1C(=O)C2Sc3[nH]c(=O)sc3[C@H](c3cc(Br)ccc3OCc3cccc(Cl)c3)C2C1=O. The fourth-order valence-electron chi connectivity index (χ4n) is 4.38. The number of rotatable bonds is 6. The van der Waals surface area contributed by atoms with E-state index in [4.69, 9.17) is 16.3 Å². The number of carboxylic acids is 1. The number of benzene rings is 2. The van der Waals surface area contributed by atoms with E-state index in [1.54, 1.807) is 30.3 Å². The van der Waals surface area contributed by atoms with Crippen LogP contribution in [0.25, 0.3) is 0 Å². The molecular formula is C23H16BrClN2O6S2. The molecule has 3 heterocycles. The Labute approximate surface area is 220 Å². The maximum atomic E-state index is 13.4.